The third kappa shape index (κ3) is 8.03. The summed E-state index contributed by atoms with van der Waals surface area (Å²) in [6.45, 7) is 18.9. The third-order valence-corrected chi connectivity index (χ3v) is 9.24. The van der Waals surface area contributed by atoms with Crippen molar-refractivity contribution < 1.29 is 18.7 Å². The topological polar surface area (TPSA) is 87.2 Å². The van der Waals surface area contributed by atoms with Crippen molar-refractivity contribution in [2.75, 3.05) is 64.9 Å². The van der Waals surface area contributed by atoms with Gasteiger partial charge in [-0.05, 0) is 84.7 Å². The fraction of sp³-hybridized carbons (Fsp3) is 0.697. The maximum absolute atomic E-state index is 14.3. The minimum absolute atomic E-state index is 0.0402. The lowest BCUT2D eigenvalue weighted by Gasteiger charge is -2.53. The van der Waals surface area contributed by atoms with Crippen molar-refractivity contribution in [1.82, 2.24) is 29.9 Å². The molecule has 0 N–H and O–H groups in total. The van der Waals surface area contributed by atoms with Crippen molar-refractivity contribution in [2.24, 2.45) is 11.3 Å². The second-order valence-corrected chi connectivity index (χ2v) is 13.4. The van der Waals surface area contributed by atoms with Crippen LogP contribution in [0.1, 0.15) is 71.2 Å². The Morgan fingerprint density at radius 3 is 2.57 bits per heavy atom. The van der Waals surface area contributed by atoms with Crippen molar-refractivity contribution in [3.05, 3.63) is 35.9 Å². The molecule has 2 fully saturated rings. The van der Waals surface area contributed by atoms with Crippen LogP contribution in [0, 0.1) is 17.2 Å². The molecule has 2 aliphatic heterocycles. The van der Waals surface area contributed by atoms with Crippen LogP contribution in [0.3, 0.4) is 0 Å². The van der Waals surface area contributed by atoms with Crippen LogP contribution in [0.25, 0.3) is 0 Å². The number of carbonyl (C=O) groups is 1. The number of hydrogen-bond acceptors (Lipinski definition) is 9. The van der Waals surface area contributed by atoms with Gasteiger partial charge in [-0.3, -0.25) is 9.69 Å². The molecule has 0 saturated carbocycles. The first-order valence-electron chi connectivity index (χ1n) is 16.1. The number of likely N-dealkylation sites (N-methyl/N-ethyl adjacent to an activating group) is 1. The number of carbonyl (C=O) groups excluding carboxylic acids is 1. The summed E-state index contributed by atoms with van der Waals surface area (Å²) in [5.41, 5.74) is 0.361. The zero-order valence-electron chi connectivity index (χ0n) is 27.9. The molecular formula is C33H52FN7O3. The number of methoxy groups -OCH3 is 1. The number of ether oxygens (including phenoxy) is 2. The lowest BCUT2D eigenvalue weighted by molar-refractivity contribution is -0.0346. The van der Waals surface area contributed by atoms with E-state index in [2.05, 4.69) is 57.7 Å². The normalized spacial score (nSPS) is 17.9. The predicted octanol–water partition coefficient (Wildman–Crippen LogP) is 4.96. The number of hydrogen-bond donors (Lipinski definition) is 0. The van der Waals surface area contributed by atoms with Crippen molar-refractivity contribution in [2.45, 2.75) is 79.0 Å². The van der Waals surface area contributed by atoms with E-state index >= 15 is 0 Å². The molecule has 244 valence electrons. The molecule has 0 aliphatic carbocycles. The van der Waals surface area contributed by atoms with Crippen LogP contribution in [0.5, 0.6) is 11.6 Å². The summed E-state index contributed by atoms with van der Waals surface area (Å²) in [4.78, 5) is 26.8. The van der Waals surface area contributed by atoms with Crippen LogP contribution in [-0.4, -0.2) is 114 Å². The molecule has 2 aliphatic rings. The van der Waals surface area contributed by atoms with Gasteiger partial charge in [0.05, 0.1) is 11.7 Å². The molecule has 2 saturated heterocycles. The molecular weight excluding hydrogens is 561 g/mol. The Morgan fingerprint density at radius 1 is 1.16 bits per heavy atom. The molecule has 4 rings (SSSR count). The fourth-order valence-electron chi connectivity index (χ4n) is 6.84. The number of amides is 1. The SMILES string of the molecule is CCN(C(=O)c1cc(F)ccc1Oc1nncnc1N1CCC2(C1)CN(C(CCCN(C)CC(C)OC)C(C)C)C2)C(C)C. The average Bonchev–Trinajstić information content (AvgIpc) is 3.41. The average molecular weight is 614 g/mol. The van der Waals surface area contributed by atoms with Crippen molar-refractivity contribution in [3.63, 3.8) is 0 Å². The highest BCUT2D eigenvalue weighted by molar-refractivity contribution is 5.97. The highest BCUT2D eigenvalue weighted by Crippen LogP contribution is 2.44. The van der Waals surface area contributed by atoms with E-state index in [9.17, 15) is 9.18 Å². The van der Waals surface area contributed by atoms with E-state index in [1.807, 2.05) is 20.8 Å². The van der Waals surface area contributed by atoms with E-state index in [0.29, 0.717) is 24.3 Å². The van der Waals surface area contributed by atoms with Gasteiger partial charge >= 0.3 is 0 Å². The first-order valence-corrected chi connectivity index (χ1v) is 16.1. The number of aromatic nitrogens is 3. The Labute approximate surface area is 262 Å². The summed E-state index contributed by atoms with van der Waals surface area (Å²) in [7, 11) is 3.94. The Kier molecular flexibility index (Phi) is 11.5. The van der Waals surface area contributed by atoms with Crippen molar-refractivity contribution >= 4 is 11.7 Å². The zero-order valence-corrected chi connectivity index (χ0v) is 27.9. The van der Waals surface area contributed by atoms with Gasteiger partial charge < -0.3 is 24.2 Å². The lowest BCUT2D eigenvalue weighted by Crippen LogP contribution is -2.62. The summed E-state index contributed by atoms with van der Waals surface area (Å²) in [5, 5.41) is 8.22. The molecule has 11 heteroatoms. The van der Waals surface area contributed by atoms with E-state index in [1.54, 1.807) is 12.0 Å². The molecule has 44 heavy (non-hydrogen) atoms. The van der Waals surface area contributed by atoms with Gasteiger partial charge in [-0.1, -0.05) is 13.8 Å². The van der Waals surface area contributed by atoms with Gasteiger partial charge in [0.25, 0.3) is 11.8 Å². The van der Waals surface area contributed by atoms with Gasteiger partial charge in [0.2, 0.25) is 0 Å². The first-order chi connectivity index (χ1) is 21.0. The first kappa shape index (κ1) is 34.0. The van der Waals surface area contributed by atoms with E-state index in [1.165, 1.54) is 37.4 Å². The number of benzene rings is 1. The number of likely N-dealkylation sites (tertiary alicyclic amines) is 1. The van der Waals surface area contributed by atoms with Gasteiger partial charge in [0.15, 0.2) is 5.82 Å². The van der Waals surface area contributed by atoms with Crippen LogP contribution in [-0.2, 0) is 4.74 Å². The Balaban J connectivity index is 1.41. The minimum Gasteiger partial charge on any atom is -0.434 e. The highest BCUT2D eigenvalue weighted by atomic mass is 19.1. The van der Waals surface area contributed by atoms with E-state index in [0.717, 1.165) is 45.7 Å². The smallest absolute Gasteiger partial charge is 0.282 e. The van der Waals surface area contributed by atoms with Crippen LogP contribution in [0.15, 0.2) is 24.5 Å². The number of halogens is 1. The molecule has 0 radical (unpaired) electrons. The molecule has 1 amide bonds. The lowest BCUT2D eigenvalue weighted by atomic mass is 9.76. The van der Waals surface area contributed by atoms with Crippen LogP contribution in [0.4, 0.5) is 10.2 Å². The van der Waals surface area contributed by atoms with Gasteiger partial charge in [0, 0.05) is 63.9 Å². The summed E-state index contributed by atoms with van der Waals surface area (Å²) >= 11 is 0. The zero-order chi connectivity index (χ0) is 32.0. The van der Waals surface area contributed by atoms with Crippen molar-refractivity contribution in [1.29, 1.82) is 0 Å². The Morgan fingerprint density at radius 2 is 1.91 bits per heavy atom. The Hall–Kier alpha value is -2.89. The summed E-state index contributed by atoms with van der Waals surface area (Å²) < 4.78 is 25.9. The van der Waals surface area contributed by atoms with Crippen LogP contribution in [0.2, 0.25) is 0 Å². The van der Waals surface area contributed by atoms with Crippen molar-refractivity contribution in [3.8, 4) is 11.6 Å². The quantitative estimate of drug-likeness (QED) is 0.277. The second-order valence-electron chi connectivity index (χ2n) is 13.4. The molecule has 3 heterocycles. The van der Waals surface area contributed by atoms with E-state index in [-0.39, 0.29) is 40.7 Å². The number of nitrogens with zero attached hydrogens (tertiary/aromatic N) is 7. The highest BCUT2D eigenvalue weighted by Gasteiger charge is 2.50. The van der Waals surface area contributed by atoms with E-state index < -0.39 is 5.82 Å². The molecule has 1 aromatic heterocycles. The number of rotatable bonds is 15. The molecule has 10 nitrogen and oxygen atoms in total. The van der Waals surface area contributed by atoms with Crippen LogP contribution < -0.4 is 9.64 Å². The third-order valence-electron chi connectivity index (χ3n) is 9.24. The summed E-state index contributed by atoms with van der Waals surface area (Å²) in [6.07, 6.45) is 5.08. The molecule has 2 atom stereocenters. The molecule has 0 bridgehead atoms. The largest absolute Gasteiger partial charge is 0.434 e. The summed E-state index contributed by atoms with van der Waals surface area (Å²) in [5.74, 6) is 0.863. The van der Waals surface area contributed by atoms with Gasteiger partial charge in [-0.15, -0.1) is 10.2 Å². The second kappa shape index (κ2) is 14.9. The van der Waals surface area contributed by atoms with Crippen LogP contribution >= 0.6 is 0 Å². The molecule has 2 unspecified atom stereocenters. The van der Waals surface area contributed by atoms with E-state index in [4.69, 9.17) is 9.47 Å². The minimum atomic E-state index is -0.499. The number of anilines is 1. The monoisotopic (exact) mass is 613 g/mol. The summed E-state index contributed by atoms with van der Waals surface area (Å²) in [6, 6.07) is 4.51. The Bertz CT molecular complexity index is 1240. The predicted molar refractivity (Wildman–Crippen MR) is 171 cm³/mol. The molecule has 1 aromatic carbocycles. The van der Waals surface area contributed by atoms with Gasteiger partial charge in [0.1, 0.15) is 17.9 Å². The maximum atomic E-state index is 14.3. The molecule has 1 spiro atoms. The standard InChI is InChI=1S/C33H52FN7O3/c1-9-41(24(4)5)32(42)27-17-26(34)12-13-29(27)44-31-30(35-22-36-37-31)39-16-14-33(19-39)20-40(21-33)28(23(2)3)11-10-15-38(7)18-25(6)43-8/h12-13,17,22-25,28H,9-11,14-16,18-21H2,1-8H3. The van der Waals surface area contributed by atoms with Gasteiger partial charge in [-0.25, -0.2) is 9.37 Å². The van der Waals surface area contributed by atoms with Gasteiger partial charge in [-0.2, -0.15) is 0 Å². The maximum Gasteiger partial charge on any atom is 0.282 e. The molecule has 2 aromatic rings. The fourth-order valence-corrected chi connectivity index (χ4v) is 6.84.